The summed E-state index contributed by atoms with van der Waals surface area (Å²) in [7, 11) is 0. The monoisotopic (exact) mass is 430 g/mol. The highest BCUT2D eigenvalue weighted by Crippen LogP contribution is 2.39. The van der Waals surface area contributed by atoms with E-state index in [-0.39, 0.29) is 11.4 Å². The van der Waals surface area contributed by atoms with Crippen molar-refractivity contribution < 1.29 is 20.9 Å². The molecule has 0 aromatic heterocycles. The molecule has 22 heavy (non-hydrogen) atoms. The molecule has 0 radical (unpaired) electrons. The summed E-state index contributed by atoms with van der Waals surface area (Å²) in [5.41, 5.74) is 1.17. The van der Waals surface area contributed by atoms with Crippen LogP contribution in [0.5, 0.6) is 0 Å². The molecule has 2 aromatic carbocycles. The fraction of sp³-hybridized carbons (Fsp3) is 0. The summed E-state index contributed by atoms with van der Waals surface area (Å²) in [6.45, 7) is 0. The summed E-state index contributed by atoms with van der Waals surface area (Å²) in [6.07, 6.45) is 0. The highest BCUT2D eigenvalue weighted by Gasteiger charge is 2.18. The molecule has 4 N–H and O–H groups in total. The Kier molecular flexibility index (Phi) is 5.84. The van der Waals surface area contributed by atoms with Crippen molar-refractivity contribution in [1.82, 2.24) is 0 Å². The predicted molar refractivity (Wildman–Crippen MR) is 89.1 cm³/mol. The second kappa shape index (κ2) is 7.44. The van der Waals surface area contributed by atoms with E-state index in [2.05, 4.69) is 31.9 Å². The van der Waals surface area contributed by atoms with Crippen LogP contribution >= 0.6 is 31.9 Å². The molecular weight excluding hydrogens is 420 g/mol. The largest absolute Gasteiger partial charge is 0.595 e. The third kappa shape index (κ3) is 3.62. The van der Waals surface area contributed by atoms with Crippen LogP contribution < -0.4 is 10.5 Å². The van der Waals surface area contributed by atoms with E-state index < -0.39 is 10.5 Å². The zero-order chi connectivity index (χ0) is 16.3. The Morgan fingerprint density at radius 3 is 1.36 bits per heavy atom. The van der Waals surface area contributed by atoms with Gasteiger partial charge in [-0.2, -0.15) is 10.5 Å². The first kappa shape index (κ1) is 17.3. The quantitative estimate of drug-likeness (QED) is 0.440. The lowest BCUT2D eigenvalue weighted by molar-refractivity contribution is -0.991. The van der Waals surface area contributed by atoms with Crippen molar-refractivity contribution in [1.29, 1.82) is 0 Å². The van der Waals surface area contributed by atoms with Crippen molar-refractivity contribution in [3.05, 3.63) is 70.1 Å². The summed E-state index contributed by atoms with van der Waals surface area (Å²) in [4.78, 5) is 0. The van der Waals surface area contributed by atoms with Crippen LogP contribution in [-0.4, -0.2) is 10.4 Å². The molecule has 0 aliphatic carbocycles. The summed E-state index contributed by atoms with van der Waals surface area (Å²) < 4.78 is 0.943. The molecule has 0 aliphatic heterocycles. The fourth-order valence-corrected chi connectivity index (χ4v) is 3.08. The smallest absolute Gasteiger partial charge is 0.172 e. The molecule has 6 nitrogen and oxygen atoms in total. The van der Waals surface area contributed by atoms with Crippen LogP contribution in [0.25, 0.3) is 8.96 Å². The predicted octanol–water partition coefficient (Wildman–Crippen LogP) is 2.11. The van der Waals surface area contributed by atoms with Gasteiger partial charge in [0.15, 0.2) is 11.4 Å². The minimum Gasteiger partial charge on any atom is -0.595 e. The number of hydrogen-bond acceptors (Lipinski definition) is 4. The molecular formula is C14H12Br2N2O4. The summed E-state index contributed by atoms with van der Waals surface area (Å²) in [6, 6.07) is 13.0. The van der Waals surface area contributed by atoms with Gasteiger partial charge in [0.2, 0.25) is 0 Å². The molecule has 0 fully saturated rings. The van der Waals surface area contributed by atoms with Crippen LogP contribution in [0.4, 0.5) is 11.4 Å². The van der Waals surface area contributed by atoms with Gasteiger partial charge in [0.05, 0.1) is 11.1 Å². The highest BCUT2D eigenvalue weighted by atomic mass is 79.9. The number of hydrogen-bond donors (Lipinski definition) is 4. The first-order valence-corrected chi connectivity index (χ1v) is 7.72. The first-order chi connectivity index (χ1) is 10.4. The van der Waals surface area contributed by atoms with Gasteiger partial charge < -0.3 is 10.4 Å². The highest BCUT2D eigenvalue weighted by molar-refractivity contribution is 9.18. The molecule has 0 heterocycles. The number of halogens is 2. The lowest BCUT2D eigenvalue weighted by Crippen LogP contribution is -2.99. The minimum absolute atomic E-state index is 0.124. The van der Waals surface area contributed by atoms with Crippen molar-refractivity contribution in [2.75, 3.05) is 0 Å². The van der Waals surface area contributed by atoms with E-state index in [1.807, 2.05) is 0 Å². The minimum atomic E-state index is -1.06. The van der Waals surface area contributed by atoms with Gasteiger partial charge in [-0.15, -0.1) is 0 Å². The Labute approximate surface area is 143 Å². The molecule has 2 aromatic rings. The normalized spacial score (nSPS) is 15.2. The van der Waals surface area contributed by atoms with Crippen molar-refractivity contribution >= 4 is 52.2 Å². The van der Waals surface area contributed by atoms with E-state index in [0.29, 0.717) is 20.1 Å². The van der Waals surface area contributed by atoms with E-state index in [1.54, 1.807) is 36.4 Å². The number of nitrogens with one attached hydrogen (secondary N) is 2. The van der Waals surface area contributed by atoms with Gasteiger partial charge in [-0.1, -0.05) is 24.3 Å². The molecule has 0 amide bonds. The van der Waals surface area contributed by atoms with E-state index in [0.717, 1.165) is 0 Å². The summed E-state index contributed by atoms with van der Waals surface area (Å²) in [5, 5.41) is 39.0. The van der Waals surface area contributed by atoms with Gasteiger partial charge in [0, 0.05) is 21.1 Å². The Morgan fingerprint density at radius 1 is 0.727 bits per heavy atom. The third-order valence-electron chi connectivity index (χ3n) is 2.98. The van der Waals surface area contributed by atoms with Gasteiger partial charge in [-0.05, 0) is 44.0 Å². The molecule has 0 aliphatic rings. The number of quaternary nitrogens is 2. The Bertz CT molecular complexity index is 645. The van der Waals surface area contributed by atoms with Crippen LogP contribution in [0.1, 0.15) is 11.1 Å². The Morgan fingerprint density at radius 2 is 1.05 bits per heavy atom. The SMILES string of the molecule is [O-][NH+](O)c1ccccc1C(Br)=C(Br)c1ccccc1[NH+]([O-])O. The average molecular weight is 432 g/mol. The van der Waals surface area contributed by atoms with Crippen LogP contribution in [0, 0.1) is 10.4 Å². The van der Waals surface area contributed by atoms with E-state index in [1.165, 1.54) is 12.1 Å². The van der Waals surface area contributed by atoms with Gasteiger partial charge in [-0.3, -0.25) is 0 Å². The molecule has 2 atom stereocenters. The molecule has 2 rings (SSSR count). The van der Waals surface area contributed by atoms with Crippen molar-refractivity contribution in [3.63, 3.8) is 0 Å². The lowest BCUT2D eigenvalue weighted by atomic mass is 10.1. The van der Waals surface area contributed by atoms with E-state index >= 15 is 0 Å². The van der Waals surface area contributed by atoms with Gasteiger partial charge in [-0.25, -0.2) is 10.4 Å². The maximum atomic E-state index is 11.3. The van der Waals surface area contributed by atoms with Gasteiger partial charge >= 0.3 is 0 Å². The second-order valence-electron chi connectivity index (χ2n) is 4.33. The molecule has 0 bridgehead atoms. The van der Waals surface area contributed by atoms with E-state index in [4.69, 9.17) is 0 Å². The maximum absolute atomic E-state index is 11.3. The van der Waals surface area contributed by atoms with Gasteiger partial charge in [0.1, 0.15) is 0 Å². The van der Waals surface area contributed by atoms with Crippen molar-refractivity contribution in [2.24, 2.45) is 0 Å². The summed E-state index contributed by atoms with van der Waals surface area (Å²) >= 11 is 6.73. The average Bonchev–Trinajstić information content (AvgIpc) is 2.53. The number of para-hydroxylation sites is 2. The molecule has 0 saturated heterocycles. The maximum Gasteiger partial charge on any atom is 0.172 e. The lowest BCUT2D eigenvalue weighted by Gasteiger charge is -2.18. The van der Waals surface area contributed by atoms with Crippen LogP contribution in [-0.2, 0) is 0 Å². The first-order valence-electron chi connectivity index (χ1n) is 6.14. The Balaban J connectivity index is 2.60. The van der Waals surface area contributed by atoms with Crippen LogP contribution in [0.2, 0.25) is 0 Å². The van der Waals surface area contributed by atoms with Gasteiger partial charge in [0.25, 0.3) is 0 Å². The van der Waals surface area contributed by atoms with Crippen LogP contribution in [0.3, 0.4) is 0 Å². The molecule has 0 saturated carbocycles. The molecule has 116 valence electrons. The molecule has 0 spiro atoms. The standard InChI is InChI=1S/C14H12Br2N2O4/c15-13(9-5-1-3-7-11(9)17(19)20)14(16)10-6-2-4-8-12(10)18(21)22/h1-8,17-19,21H. The number of rotatable bonds is 4. The third-order valence-corrected chi connectivity index (χ3v) is 5.16. The van der Waals surface area contributed by atoms with Crippen molar-refractivity contribution in [3.8, 4) is 0 Å². The van der Waals surface area contributed by atoms with Crippen molar-refractivity contribution in [2.45, 2.75) is 0 Å². The zero-order valence-corrected chi connectivity index (χ0v) is 14.3. The second-order valence-corrected chi connectivity index (χ2v) is 5.92. The molecule has 8 heteroatoms. The fourth-order valence-electron chi connectivity index (χ4n) is 1.96. The van der Waals surface area contributed by atoms with E-state index in [9.17, 15) is 20.8 Å². The Hall–Kier alpha value is -1.10. The van der Waals surface area contributed by atoms with Crippen LogP contribution in [0.15, 0.2) is 48.5 Å². The topological polar surface area (TPSA) is 95.5 Å². The zero-order valence-electron chi connectivity index (χ0n) is 11.1. The number of benzene rings is 2. The summed E-state index contributed by atoms with van der Waals surface area (Å²) in [5.74, 6) is 0. The molecule has 2 unspecified atom stereocenters.